The van der Waals surface area contributed by atoms with Gasteiger partial charge in [-0.05, 0) is 39.2 Å². The number of tetrazole rings is 1. The van der Waals surface area contributed by atoms with Crippen molar-refractivity contribution in [3.05, 3.63) is 90.3 Å². The molecule has 3 aromatic heterocycles. The molecule has 0 bridgehead atoms. The van der Waals surface area contributed by atoms with E-state index in [2.05, 4.69) is 68.9 Å². The Labute approximate surface area is 218 Å². The Bertz CT molecular complexity index is 1700. The van der Waals surface area contributed by atoms with Crippen LogP contribution in [0.5, 0.6) is 17.5 Å². The number of hydrogen-bond donors (Lipinski definition) is 2. The van der Waals surface area contributed by atoms with Crippen molar-refractivity contribution < 1.29 is 9.84 Å². The third-order valence-corrected chi connectivity index (χ3v) is 6.25. The average Bonchev–Trinajstić information content (AvgIpc) is 3.61. The summed E-state index contributed by atoms with van der Waals surface area (Å²) in [4.78, 5) is 4.82. The highest BCUT2D eigenvalue weighted by Gasteiger charge is 2.22. The van der Waals surface area contributed by atoms with Crippen LogP contribution in [0.4, 0.5) is 0 Å². The summed E-state index contributed by atoms with van der Waals surface area (Å²) in [6.45, 7) is 4.61. The molecule has 0 aliphatic rings. The molecule has 0 fully saturated rings. The predicted molar refractivity (Wildman–Crippen MR) is 142 cm³/mol. The molecule has 10 nitrogen and oxygen atoms in total. The average molecular weight is 505 g/mol. The maximum absolute atomic E-state index is 10.7. The molecule has 0 unspecified atom stereocenters. The fourth-order valence-corrected chi connectivity index (χ4v) is 4.49. The van der Waals surface area contributed by atoms with Gasteiger partial charge in [-0.15, -0.1) is 15.3 Å². The number of hydrogen-bond acceptors (Lipinski definition) is 8. The van der Waals surface area contributed by atoms with Crippen molar-refractivity contribution in [2.24, 2.45) is 0 Å². The second-order valence-corrected chi connectivity index (χ2v) is 9.14. The van der Waals surface area contributed by atoms with Gasteiger partial charge in [-0.1, -0.05) is 80.6 Å². The lowest BCUT2D eigenvalue weighted by Crippen LogP contribution is -2.07. The Morgan fingerprint density at radius 2 is 1.61 bits per heavy atom. The van der Waals surface area contributed by atoms with Crippen LogP contribution in [-0.2, 0) is 6.54 Å². The highest BCUT2D eigenvalue weighted by atomic mass is 16.5. The number of aromatic nitrogens is 8. The molecule has 0 atom stereocenters. The van der Waals surface area contributed by atoms with Crippen LogP contribution in [0.15, 0.2) is 78.9 Å². The third kappa shape index (κ3) is 4.32. The number of fused-ring (bicyclic) bond motifs is 1. The van der Waals surface area contributed by atoms with E-state index in [9.17, 15) is 5.11 Å². The predicted octanol–water partition coefficient (Wildman–Crippen LogP) is 5.34. The first-order valence-corrected chi connectivity index (χ1v) is 12.2. The first-order valence-electron chi connectivity index (χ1n) is 12.2. The summed E-state index contributed by atoms with van der Waals surface area (Å²) in [5.74, 6) is 2.18. The van der Waals surface area contributed by atoms with Gasteiger partial charge in [0, 0.05) is 18.0 Å². The van der Waals surface area contributed by atoms with E-state index in [1.54, 1.807) is 0 Å². The van der Waals surface area contributed by atoms with Crippen molar-refractivity contribution in [1.82, 2.24) is 40.4 Å². The summed E-state index contributed by atoms with van der Waals surface area (Å²) in [5, 5.41) is 33.1. The van der Waals surface area contributed by atoms with Gasteiger partial charge in [-0.25, -0.2) is 10.1 Å². The zero-order valence-electron chi connectivity index (χ0n) is 20.8. The minimum absolute atomic E-state index is 0.0908. The smallest absolute Gasteiger partial charge is 0.267 e. The number of nitrogens with one attached hydrogen (secondary N) is 1. The van der Waals surface area contributed by atoms with E-state index < -0.39 is 0 Å². The largest absolute Gasteiger partial charge is 0.491 e. The molecule has 6 rings (SSSR count). The SMILES string of the molecule is CC(C)c1nc2c(Oc3ccccc3)nnc(O)c2n1Cc1ccc(-c2ccccc2-c2nnn[nH]2)cc1. The van der Waals surface area contributed by atoms with Crippen molar-refractivity contribution in [3.8, 4) is 40.0 Å². The van der Waals surface area contributed by atoms with Gasteiger partial charge in [0.1, 0.15) is 17.1 Å². The van der Waals surface area contributed by atoms with Crippen LogP contribution in [0.25, 0.3) is 33.5 Å². The summed E-state index contributed by atoms with van der Waals surface area (Å²) in [6.07, 6.45) is 0. The lowest BCUT2D eigenvalue weighted by atomic mass is 9.98. The van der Waals surface area contributed by atoms with Gasteiger partial charge in [-0.2, -0.15) is 0 Å². The molecule has 3 aromatic carbocycles. The van der Waals surface area contributed by atoms with Crippen molar-refractivity contribution in [1.29, 1.82) is 0 Å². The molecule has 6 aromatic rings. The van der Waals surface area contributed by atoms with Gasteiger partial charge in [0.2, 0.25) is 0 Å². The van der Waals surface area contributed by atoms with E-state index in [0.29, 0.717) is 29.2 Å². The van der Waals surface area contributed by atoms with Crippen LogP contribution in [0.2, 0.25) is 0 Å². The summed E-state index contributed by atoms with van der Waals surface area (Å²) in [5.41, 5.74) is 4.97. The summed E-state index contributed by atoms with van der Waals surface area (Å²) in [7, 11) is 0. The van der Waals surface area contributed by atoms with E-state index in [4.69, 9.17) is 9.72 Å². The lowest BCUT2D eigenvalue weighted by Gasteiger charge is -2.13. The molecule has 0 amide bonds. The van der Waals surface area contributed by atoms with Crippen LogP contribution in [0.1, 0.15) is 31.2 Å². The molecule has 0 radical (unpaired) electrons. The zero-order valence-corrected chi connectivity index (χ0v) is 20.8. The second-order valence-electron chi connectivity index (χ2n) is 9.14. The van der Waals surface area contributed by atoms with Gasteiger partial charge in [0.05, 0.1) is 0 Å². The lowest BCUT2D eigenvalue weighted by molar-refractivity contribution is 0.427. The van der Waals surface area contributed by atoms with Gasteiger partial charge < -0.3 is 14.4 Å². The van der Waals surface area contributed by atoms with Crippen LogP contribution in [0.3, 0.4) is 0 Å². The van der Waals surface area contributed by atoms with E-state index in [0.717, 1.165) is 28.1 Å². The zero-order chi connectivity index (χ0) is 26.1. The molecule has 0 aliphatic carbocycles. The molecule has 10 heteroatoms. The second kappa shape index (κ2) is 9.74. The van der Waals surface area contributed by atoms with Crippen molar-refractivity contribution in [2.45, 2.75) is 26.3 Å². The normalized spacial score (nSPS) is 11.3. The Kier molecular flexibility index (Phi) is 5.97. The van der Waals surface area contributed by atoms with E-state index >= 15 is 0 Å². The van der Waals surface area contributed by atoms with Gasteiger partial charge >= 0.3 is 0 Å². The number of para-hydroxylation sites is 1. The van der Waals surface area contributed by atoms with Gasteiger partial charge in [-0.3, -0.25) is 0 Å². The first kappa shape index (κ1) is 23.3. The maximum atomic E-state index is 10.7. The standard InChI is InChI=1S/C28H24N8O2/c1-17(2)26-29-23-24(27(37)32-33-28(23)38-20-8-4-3-5-9-20)36(26)16-18-12-14-19(15-13-18)21-10-6-7-11-22(21)25-30-34-35-31-25/h3-15,17H,16H2,1-2H3,(H,32,37)(H,30,31,34,35). The first-order chi connectivity index (χ1) is 18.6. The highest BCUT2D eigenvalue weighted by molar-refractivity contribution is 5.85. The minimum atomic E-state index is -0.189. The quantitative estimate of drug-likeness (QED) is 0.298. The summed E-state index contributed by atoms with van der Waals surface area (Å²) in [6, 6.07) is 25.6. The topological polar surface area (TPSA) is 128 Å². The van der Waals surface area contributed by atoms with Crippen LogP contribution in [0, 0.1) is 0 Å². The number of nitrogens with zero attached hydrogens (tertiary/aromatic N) is 7. The Morgan fingerprint density at radius 1 is 0.868 bits per heavy atom. The number of aromatic hydroxyl groups is 1. The van der Waals surface area contributed by atoms with Gasteiger partial charge in [0.25, 0.3) is 11.8 Å². The Morgan fingerprint density at radius 3 is 2.32 bits per heavy atom. The Hall–Kier alpha value is -5.12. The van der Waals surface area contributed by atoms with Crippen LogP contribution < -0.4 is 4.74 Å². The maximum Gasteiger partial charge on any atom is 0.267 e. The van der Waals surface area contributed by atoms with E-state index in [-0.39, 0.29) is 17.7 Å². The summed E-state index contributed by atoms with van der Waals surface area (Å²) < 4.78 is 7.95. The fourth-order valence-electron chi connectivity index (χ4n) is 4.49. The molecule has 0 aliphatic heterocycles. The summed E-state index contributed by atoms with van der Waals surface area (Å²) >= 11 is 0. The van der Waals surface area contributed by atoms with Gasteiger partial charge in [0.15, 0.2) is 11.3 Å². The number of imidazole rings is 1. The molecular formula is C28H24N8O2. The van der Waals surface area contributed by atoms with Crippen LogP contribution in [-0.4, -0.2) is 45.5 Å². The number of benzene rings is 3. The fraction of sp³-hybridized carbons (Fsp3) is 0.143. The molecule has 2 N–H and O–H groups in total. The molecule has 0 saturated heterocycles. The monoisotopic (exact) mass is 504 g/mol. The molecule has 3 heterocycles. The van der Waals surface area contributed by atoms with E-state index in [1.807, 2.05) is 59.2 Å². The van der Waals surface area contributed by atoms with Crippen molar-refractivity contribution in [2.75, 3.05) is 0 Å². The number of aromatic amines is 1. The number of H-pyrrole nitrogens is 1. The van der Waals surface area contributed by atoms with Crippen molar-refractivity contribution in [3.63, 3.8) is 0 Å². The highest BCUT2D eigenvalue weighted by Crippen LogP contribution is 2.35. The molecule has 188 valence electrons. The molecular weight excluding hydrogens is 480 g/mol. The molecule has 0 saturated carbocycles. The Balaban J connectivity index is 1.37. The number of rotatable bonds is 7. The van der Waals surface area contributed by atoms with Crippen molar-refractivity contribution >= 4 is 11.0 Å². The molecule has 0 spiro atoms. The number of ether oxygens (including phenoxy) is 1. The minimum Gasteiger partial charge on any atom is -0.491 e. The third-order valence-electron chi connectivity index (χ3n) is 6.25. The van der Waals surface area contributed by atoms with Crippen LogP contribution >= 0.6 is 0 Å². The van der Waals surface area contributed by atoms with E-state index in [1.165, 1.54) is 0 Å². The molecule has 38 heavy (non-hydrogen) atoms.